The van der Waals surface area contributed by atoms with E-state index in [2.05, 4.69) is 39.5 Å². The minimum atomic E-state index is 0.558. The first-order valence-electron chi connectivity index (χ1n) is 7.90. The molecule has 1 aliphatic rings. The summed E-state index contributed by atoms with van der Waals surface area (Å²) in [4.78, 5) is 6.83. The van der Waals surface area contributed by atoms with Crippen LogP contribution in [0.15, 0.2) is 52.9 Å². The molecule has 1 aliphatic heterocycles. The number of morpholine rings is 1. The van der Waals surface area contributed by atoms with Crippen molar-refractivity contribution >= 4 is 22.8 Å². The van der Waals surface area contributed by atoms with Crippen LogP contribution in [0.3, 0.4) is 0 Å². The van der Waals surface area contributed by atoms with Crippen molar-refractivity contribution in [1.29, 1.82) is 0 Å². The smallest absolute Gasteiger partial charge is 0.295 e. The Morgan fingerprint density at radius 2 is 1.78 bits per heavy atom. The molecule has 3 aromatic rings. The number of hydrogen-bond acceptors (Lipinski definition) is 5. The predicted molar refractivity (Wildman–Crippen MR) is 90.8 cm³/mol. The minimum Gasteiger partial charge on any atom is -0.424 e. The van der Waals surface area contributed by atoms with Gasteiger partial charge in [0.05, 0.1) is 13.2 Å². The van der Waals surface area contributed by atoms with Gasteiger partial charge in [0.25, 0.3) is 6.01 Å². The van der Waals surface area contributed by atoms with Crippen LogP contribution in [0.5, 0.6) is 0 Å². The predicted octanol–water partition coefficient (Wildman–Crippen LogP) is 3.28. The van der Waals surface area contributed by atoms with Gasteiger partial charge in [0.2, 0.25) is 0 Å². The van der Waals surface area contributed by atoms with Crippen LogP contribution < -0.4 is 10.2 Å². The summed E-state index contributed by atoms with van der Waals surface area (Å²) in [7, 11) is 0. The van der Waals surface area contributed by atoms with Gasteiger partial charge in [-0.05, 0) is 23.8 Å². The summed E-state index contributed by atoms with van der Waals surface area (Å²) in [6, 6.07) is 16.8. The first-order chi connectivity index (χ1) is 11.4. The zero-order valence-corrected chi connectivity index (χ0v) is 12.9. The van der Waals surface area contributed by atoms with Crippen molar-refractivity contribution in [2.75, 3.05) is 36.5 Å². The van der Waals surface area contributed by atoms with Gasteiger partial charge in [0.1, 0.15) is 5.52 Å². The average Bonchev–Trinajstić information content (AvgIpc) is 3.04. The van der Waals surface area contributed by atoms with Gasteiger partial charge in [-0.25, -0.2) is 0 Å². The van der Waals surface area contributed by atoms with Crippen molar-refractivity contribution in [2.24, 2.45) is 0 Å². The van der Waals surface area contributed by atoms with Crippen LogP contribution in [0, 0.1) is 0 Å². The van der Waals surface area contributed by atoms with Crippen LogP contribution in [0.1, 0.15) is 5.56 Å². The molecule has 4 rings (SSSR count). The number of ether oxygens (including phenoxy) is 1. The number of nitrogens with zero attached hydrogens (tertiary/aromatic N) is 2. The maximum Gasteiger partial charge on any atom is 0.295 e. The van der Waals surface area contributed by atoms with E-state index in [1.807, 2.05) is 24.3 Å². The van der Waals surface area contributed by atoms with Gasteiger partial charge < -0.3 is 19.4 Å². The van der Waals surface area contributed by atoms with E-state index in [0.717, 1.165) is 37.4 Å². The van der Waals surface area contributed by atoms with E-state index in [1.54, 1.807) is 0 Å². The fourth-order valence-electron chi connectivity index (χ4n) is 2.89. The van der Waals surface area contributed by atoms with Crippen molar-refractivity contribution in [3.63, 3.8) is 0 Å². The van der Waals surface area contributed by atoms with Gasteiger partial charge in [-0.2, -0.15) is 4.98 Å². The molecule has 23 heavy (non-hydrogen) atoms. The monoisotopic (exact) mass is 309 g/mol. The molecule has 0 atom stereocenters. The molecule has 1 aromatic heterocycles. The molecule has 0 amide bonds. The van der Waals surface area contributed by atoms with Crippen LogP contribution in [-0.2, 0) is 11.3 Å². The van der Waals surface area contributed by atoms with Gasteiger partial charge in [0, 0.05) is 25.3 Å². The molecule has 118 valence electrons. The summed E-state index contributed by atoms with van der Waals surface area (Å²) in [5.41, 5.74) is 4.16. The summed E-state index contributed by atoms with van der Waals surface area (Å²) >= 11 is 0. The highest BCUT2D eigenvalue weighted by molar-refractivity contribution is 5.74. The first-order valence-corrected chi connectivity index (χ1v) is 7.90. The molecular weight excluding hydrogens is 290 g/mol. The lowest BCUT2D eigenvalue weighted by molar-refractivity contribution is 0.122. The van der Waals surface area contributed by atoms with Crippen LogP contribution in [0.2, 0.25) is 0 Å². The third-order valence-corrected chi connectivity index (χ3v) is 4.07. The van der Waals surface area contributed by atoms with E-state index in [9.17, 15) is 0 Å². The van der Waals surface area contributed by atoms with Gasteiger partial charge in [0.15, 0.2) is 5.58 Å². The zero-order valence-electron chi connectivity index (χ0n) is 12.9. The molecule has 0 radical (unpaired) electrons. The molecular formula is C18H19N3O2. The van der Waals surface area contributed by atoms with E-state index in [4.69, 9.17) is 9.15 Å². The number of anilines is 2. The van der Waals surface area contributed by atoms with Gasteiger partial charge in [-0.15, -0.1) is 0 Å². The van der Waals surface area contributed by atoms with Gasteiger partial charge >= 0.3 is 0 Å². The molecule has 1 fully saturated rings. The number of oxazole rings is 1. The normalized spacial score (nSPS) is 15.0. The Balaban J connectivity index is 1.52. The summed E-state index contributed by atoms with van der Waals surface area (Å²) in [6.07, 6.45) is 0. The van der Waals surface area contributed by atoms with Crippen molar-refractivity contribution in [2.45, 2.75) is 6.54 Å². The highest BCUT2D eigenvalue weighted by Gasteiger charge is 2.14. The largest absolute Gasteiger partial charge is 0.424 e. The van der Waals surface area contributed by atoms with Crippen molar-refractivity contribution in [3.05, 3.63) is 54.1 Å². The molecule has 5 nitrogen and oxygen atoms in total. The lowest BCUT2D eigenvalue weighted by atomic mass is 10.1. The van der Waals surface area contributed by atoms with Crippen LogP contribution in [0.4, 0.5) is 11.7 Å². The highest BCUT2D eigenvalue weighted by Crippen LogP contribution is 2.23. The second-order valence-corrected chi connectivity index (χ2v) is 5.57. The average molecular weight is 309 g/mol. The van der Waals surface area contributed by atoms with Gasteiger partial charge in [-0.3, -0.25) is 0 Å². The third kappa shape index (κ3) is 3.00. The van der Waals surface area contributed by atoms with E-state index in [1.165, 1.54) is 11.3 Å². The number of rotatable bonds is 4. The Labute approximate surface area is 134 Å². The highest BCUT2D eigenvalue weighted by atomic mass is 16.5. The third-order valence-electron chi connectivity index (χ3n) is 4.07. The van der Waals surface area contributed by atoms with E-state index in [-0.39, 0.29) is 0 Å². The molecule has 1 saturated heterocycles. The number of hydrogen-bond donors (Lipinski definition) is 1. The lowest BCUT2D eigenvalue weighted by Crippen LogP contribution is -2.36. The molecule has 2 aromatic carbocycles. The molecule has 0 unspecified atom stereocenters. The Hall–Kier alpha value is -2.53. The maximum absolute atomic E-state index is 5.72. The molecule has 0 aliphatic carbocycles. The van der Waals surface area contributed by atoms with E-state index in [0.29, 0.717) is 12.6 Å². The number of fused-ring (bicyclic) bond motifs is 1. The number of para-hydroxylation sites is 3. The number of aromatic nitrogens is 1. The van der Waals surface area contributed by atoms with Crippen molar-refractivity contribution in [1.82, 2.24) is 4.98 Å². The SMILES string of the molecule is c1ccc(N2CCOCC2)c(CNc2nc3ccccc3o2)c1. The number of benzene rings is 2. The molecule has 1 N–H and O–H groups in total. The first kappa shape index (κ1) is 14.1. The summed E-state index contributed by atoms with van der Waals surface area (Å²) in [6.45, 7) is 4.11. The molecule has 0 spiro atoms. The maximum atomic E-state index is 5.72. The summed E-state index contributed by atoms with van der Waals surface area (Å²) in [5.74, 6) is 0. The molecule has 2 heterocycles. The Morgan fingerprint density at radius 3 is 2.65 bits per heavy atom. The summed E-state index contributed by atoms with van der Waals surface area (Å²) < 4.78 is 11.2. The Morgan fingerprint density at radius 1 is 1.00 bits per heavy atom. The topological polar surface area (TPSA) is 50.5 Å². The number of nitrogens with one attached hydrogen (secondary N) is 1. The van der Waals surface area contributed by atoms with Crippen molar-refractivity contribution < 1.29 is 9.15 Å². The fraction of sp³-hybridized carbons (Fsp3) is 0.278. The van der Waals surface area contributed by atoms with E-state index < -0.39 is 0 Å². The zero-order chi connectivity index (χ0) is 15.5. The molecule has 0 saturated carbocycles. The Bertz CT molecular complexity index is 761. The standard InChI is InChI=1S/C18H19N3O2/c1-3-7-16(21-9-11-22-12-10-21)14(5-1)13-19-18-20-15-6-2-4-8-17(15)23-18/h1-8H,9-13H2,(H,19,20). The molecule has 5 heteroatoms. The second kappa shape index (κ2) is 6.30. The fourth-order valence-corrected chi connectivity index (χ4v) is 2.89. The Kier molecular flexibility index (Phi) is 3.86. The van der Waals surface area contributed by atoms with Crippen LogP contribution in [-0.4, -0.2) is 31.3 Å². The van der Waals surface area contributed by atoms with E-state index >= 15 is 0 Å². The van der Waals surface area contributed by atoms with Crippen molar-refractivity contribution in [3.8, 4) is 0 Å². The lowest BCUT2D eigenvalue weighted by Gasteiger charge is -2.30. The quantitative estimate of drug-likeness (QED) is 0.801. The second-order valence-electron chi connectivity index (χ2n) is 5.57. The summed E-state index contributed by atoms with van der Waals surface area (Å²) in [5, 5.41) is 3.29. The van der Waals surface area contributed by atoms with Crippen LogP contribution >= 0.6 is 0 Å². The minimum absolute atomic E-state index is 0.558. The molecule has 0 bridgehead atoms. The van der Waals surface area contributed by atoms with Gasteiger partial charge in [-0.1, -0.05) is 30.3 Å². The van der Waals surface area contributed by atoms with Crippen LogP contribution in [0.25, 0.3) is 11.1 Å².